The molecule has 0 aliphatic heterocycles. The number of nitrogens with two attached hydrogens (primary N) is 1. The summed E-state index contributed by atoms with van der Waals surface area (Å²) in [5, 5.41) is 3.06. The van der Waals surface area contributed by atoms with E-state index in [9.17, 15) is 0 Å². The molecular weight excluding hydrogens is 232 g/mol. The van der Waals surface area contributed by atoms with Crippen LogP contribution in [0.3, 0.4) is 0 Å². The molecule has 0 aliphatic carbocycles. The van der Waals surface area contributed by atoms with Gasteiger partial charge in [-0.3, -0.25) is 0 Å². The summed E-state index contributed by atoms with van der Waals surface area (Å²) in [4.78, 5) is 12.4. The number of nitrogens with zero attached hydrogens (tertiary/aromatic N) is 3. The van der Waals surface area contributed by atoms with E-state index < -0.39 is 0 Å². The van der Waals surface area contributed by atoms with Gasteiger partial charge in [0.25, 0.3) is 0 Å². The normalized spacial score (nSPS) is 11.5. The van der Waals surface area contributed by atoms with Crippen molar-refractivity contribution in [2.75, 3.05) is 5.73 Å². The number of nitrogen functional groups attached to an aromatic ring is 1. The Balaban J connectivity index is 2.14. The molecule has 0 amide bonds. The Labute approximate surface area is 104 Å². The van der Waals surface area contributed by atoms with Crippen LogP contribution in [0.2, 0.25) is 0 Å². The Bertz CT molecular complexity index is 531. The van der Waals surface area contributed by atoms with Gasteiger partial charge in [-0.1, -0.05) is 13.8 Å². The van der Waals surface area contributed by atoms with Gasteiger partial charge in [-0.15, -0.1) is 11.3 Å². The molecule has 5 heteroatoms. The van der Waals surface area contributed by atoms with Crippen LogP contribution >= 0.6 is 11.3 Å². The van der Waals surface area contributed by atoms with Crippen molar-refractivity contribution >= 4 is 29.4 Å². The highest BCUT2D eigenvalue weighted by atomic mass is 32.1. The van der Waals surface area contributed by atoms with E-state index in [-0.39, 0.29) is 5.95 Å². The van der Waals surface area contributed by atoms with E-state index in [1.165, 1.54) is 0 Å². The fourth-order valence-corrected chi connectivity index (χ4v) is 2.15. The van der Waals surface area contributed by atoms with Crippen molar-refractivity contribution in [3.63, 3.8) is 0 Å². The highest BCUT2D eigenvalue weighted by molar-refractivity contribution is 7.10. The Morgan fingerprint density at radius 3 is 2.76 bits per heavy atom. The fourth-order valence-electron chi connectivity index (χ4n) is 1.28. The lowest BCUT2D eigenvalue weighted by atomic mass is 10.2. The minimum Gasteiger partial charge on any atom is -0.368 e. The monoisotopic (exact) mass is 246 g/mol. The first kappa shape index (κ1) is 11.7. The molecule has 0 fully saturated rings. The zero-order chi connectivity index (χ0) is 12.3. The van der Waals surface area contributed by atoms with Gasteiger partial charge in [0, 0.05) is 11.6 Å². The number of aromatic nitrogens is 3. The van der Waals surface area contributed by atoms with E-state index in [2.05, 4.69) is 34.2 Å². The third kappa shape index (κ3) is 3.10. The maximum Gasteiger partial charge on any atom is 0.220 e. The molecule has 2 heterocycles. The van der Waals surface area contributed by atoms with Crippen molar-refractivity contribution in [1.82, 2.24) is 15.0 Å². The van der Waals surface area contributed by atoms with Gasteiger partial charge in [0.05, 0.1) is 11.4 Å². The number of hydrogen-bond acceptors (Lipinski definition) is 5. The summed E-state index contributed by atoms with van der Waals surface area (Å²) in [5.74, 6) is 0.747. The molecule has 0 spiro atoms. The molecule has 0 radical (unpaired) electrons. The van der Waals surface area contributed by atoms with Gasteiger partial charge >= 0.3 is 0 Å². The summed E-state index contributed by atoms with van der Waals surface area (Å²) in [6.45, 7) is 4.27. The van der Waals surface area contributed by atoms with Gasteiger partial charge in [0.2, 0.25) is 5.95 Å². The van der Waals surface area contributed by atoms with Crippen molar-refractivity contribution in [1.29, 1.82) is 0 Å². The molecule has 2 N–H and O–H groups in total. The van der Waals surface area contributed by atoms with Crippen molar-refractivity contribution in [2.45, 2.75) is 19.8 Å². The van der Waals surface area contributed by atoms with Gasteiger partial charge in [0.15, 0.2) is 0 Å². The van der Waals surface area contributed by atoms with Crippen LogP contribution in [0.15, 0.2) is 17.6 Å². The largest absolute Gasteiger partial charge is 0.368 e. The van der Waals surface area contributed by atoms with Gasteiger partial charge in [-0.25, -0.2) is 15.0 Å². The second-order valence-corrected chi connectivity index (χ2v) is 4.83. The molecule has 17 heavy (non-hydrogen) atoms. The molecule has 0 aromatic carbocycles. The van der Waals surface area contributed by atoms with Crippen LogP contribution in [0.5, 0.6) is 0 Å². The Morgan fingerprint density at radius 2 is 2.12 bits per heavy atom. The number of rotatable bonds is 3. The van der Waals surface area contributed by atoms with E-state index in [0.717, 1.165) is 16.4 Å². The Kier molecular flexibility index (Phi) is 3.49. The maximum atomic E-state index is 5.50. The van der Waals surface area contributed by atoms with Crippen LogP contribution in [-0.4, -0.2) is 15.0 Å². The van der Waals surface area contributed by atoms with E-state index >= 15 is 0 Å². The van der Waals surface area contributed by atoms with Crippen LogP contribution < -0.4 is 5.73 Å². The lowest BCUT2D eigenvalue weighted by Crippen LogP contribution is -1.94. The number of thiazole rings is 1. The standard InChI is InChI=1S/C12H14N4S/c1-8(2)10-7-17-11(16-10)4-3-9-5-6-14-12(13)15-9/h3-8H,1-2H3,(H2,13,14,15)/b4-3+. The molecule has 0 bridgehead atoms. The first-order valence-electron chi connectivity index (χ1n) is 5.37. The zero-order valence-corrected chi connectivity index (χ0v) is 10.6. The minimum absolute atomic E-state index is 0.286. The smallest absolute Gasteiger partial charge is 0.220 e. The van der Waals surface area contributed by atoms with E-state index in [1.807, 2.05) is 18.2 Å². The van der Waals surface area contributed by atoms with E-state index in [4.69, 9.17) is 5.73 Å². The van der Waals surface area contributed by atoms with Crippen molar-refractivity contribution in [3.05, 3.63) is 34.0 Å². The first-order chi connectivity index (χ1) is 8.15. The van der Waals surface area contributed by atoms with E-state index in [0.29, 0.717) is 5.92 Å². The molecule has 2 rings (SSSR count). The Morgan fingerprint density at radius 1 is 1.29 bits per heavy atom. The fraction of sp³-hybridized carbons (Fsp3) is 0.250. The lowest BCUT2D eigenvalue weighted by Gasteiger charge is -1.95. The average Bonchev–Trinajstić information content (AvgIpc) is 2.75. The van der Waals surface area contributed by atoms with Crippen LogP contribution in [0.4, 0.5) is 5.95 Å². The van der Waals surface area contributed by atoms with Crippen molar-refractivity contribution in [2.24, 2.45) is 0 Å². The van der Waals surface area contributed by atoms with Gasteiger partial charge in [-0.2, -0.15) is 0 Å². The third-order valence-electron chi connectivity index (χ3n) is 2.22. The lowest BCUT2D eigenvalue weighted by molar-refractivity contribution is 0.832. The second kappa shape index (κ2) is 5.05. The number of hydrogen-bond donors (Lipinski definition) is 1. The molecule has 4 nitrogen and oxygen atoms in total. The van der Waals surface area contributed by atoms with Gasteiger partial charge in [0.1, 0.15) is 5.01 Å². The minimum atomic E-state index is 0.286. The van der Waals surface area contributed by atoms with Crippen LogP contribution in [0.1, 0.15) is 36.2 Å². The zero-order valence-electron chi connectivity index (χ0n) is 9.79. The molecular formula is C12H14N4S. The third-order valence-corrected chi connectivity index (χ3v) is 3.05. The van der Waals surface area contributed by atoms with Gasteiger partial charge < -0.3 is 5.73 Å². The molecule has 0 saturated heterocycles. The quantitative estimate of drug-likeness (QED) is 0.904. The van der Waals surface area contributed by atoms with Gasteiger partial charge in [-0.05, 0) is 24.1 Å². The second-order valence-electron chi connectivity index (χ2n) is 3.94. The predicted octanol–water partition coefficient (Wildman–Crippen LogP) is 2.81. The topological polar surface area (TPSA) is 64.7 Å². The summed E-state index contributed by atoms with van der Waals surface area (Å²) >= 11 is 1.63. The Hall–Kier alpha value is -1.75. The first-order valence-corrected chi connectivity index (χ1v) is 6.25. The molecule has 0 saturated carbocycles. The van der Waals surface area contributed by atoms with Crippen LogP contribution in [-0.2, 0) is 0 Å². The van der Waals surface area contributed by atoms with Crippen molar-refractivity contribution in [3.8, 4) is 0 Å². The molecule has 0 unspecified atom stereocenters. The number of anilines is 1. The average molecular weight is 246 g/mol. The summed E-state index contributed by atoms with van der Waals surface area (Å²) in [6.07, 6.45) is 5.47. The molecule has 2 aromatic heterocycles. The molecule has 0 atom stereocenters. The SMILES string of the molecule is CC(C)c1csc(/C=C/c2ccnc(N)n2)n1. The predicted molar refractivity (Wildman–Crippen MR) is 71.6 cm³/mol. The molecule has 88 valence electrons. The van der Waals surface area contributed by atoms with E-state index in [1.54, 1.807) is 17.5 Å². The summed E-state index contributed by atoms with van der Waals surface area (Å²) in [5.41, 5.74) is 7.41. The highest BCUT2D eigenvalue weighted by Gasteiger charge is 2.03. The van der Waals surface area contributed by atoms with Crippen LogP contribution in [0, 0.1) is 0 Å². The molecule has 0 aliphatic rings. The maximum absolute atomic E-state index is 5.50. The van der Waals surface area contributed by atoms with Crippen LogP contribution in [0.25, 0.3) is 12.2 Å². The van der Waals surface area contributed by atoms with Crippen molar-refractivity contribution < 1.29 is 0 Å². The summed E-state index contributed by atoms with van der Waals surface area (Å²) < 4.78 is 0. The molecule has 2 aromatic rings. The summed E-state index contributed by atoms with van der Waals surface area (Å²) in [7, 11) is 0. The summed E-state index contributed by atoms with van der Waals surface area (Å²) in [6, 6.07) is 1.81. The highest BCUT2D eigenvalue weighted by Crippen LogP contribution is 2.19.